The maximum Gasteiger partial charge on any atom is 0.387 e. The zero-order valence-electron chi connectivity index (χ0n) is 10.6. The van der Waals surface area contributed by atoms with Crippen molar-refractivity contribution in [2.45, 2.75) is 19.1 Å². The Morgan fingerprint density at radius 1 is 1.53 bits per heavy atom. The predicted molar refractivity (Wildman–Crippen MR) is 66.4 cm³/mol. The van der Waals surface area contributed by atoms with Gasteiger partial charge in [-0.25, -0.2) is 0 Å². The van der Waals surface area contributed by atoms with Gasteiger partial charge in [0.05, 0.1) is 0 Å². The molecular formula is C13H16F2N2O2. The summed E-state index contributed by atoms with van der Waals surface area (Å²) in [5.74, 6) is -0.188. The van der Waals surface area contributed by atoms with E-state index in [9.17, 15) is 13.6 Å². The number of carbonyl (C=O) groups is 1. The molecule has 0 bridgehead atoms. The quantitative estimate of drug-likeness (QED) is 0.905. The van der Waals surface area contributed by atoms with Crippen molar-refractivity contribution in [2.24, 2.45) is 0 Å². The highest BCUT2D eigenvalue weighted by Gasteiger charge is 2.24. The molecule has 0 saturated carbocycles. The highest BCUT2D eigenvalue weighted by molar-refractivity contribution is 5.94. The van der Waals surface area contributed by atoms with Gasteiger partial charge in [-0.1, -0.05) is 6.07 Å². The number of ether oxygens (including phenoxy) is 1. The highest BCUT2D eigenvalue weighted by Crippen LogP contribution is 2.18. The van der Waals surface area contributed by atoms with Gasteiger partial charge in [-0.15, -0.1) is 0 Å². The largest absolute Gasteiger partial charge is 0.435 e. The summed E-state index contributed by atoms with van der Waals surface area (Å²) >= 11 is 0. The number of nitrogens with one attached hydrogen (secondary N) is 1. The summed E-state index contributed by atoms with van der Waals surface area (Å²) in [6.45, 7) is -1.24. The van der Waals surface area contributed by atoms with Crippen molar-refractivity contribution >= 4 is 5.91 Å². The van der Waals surface area contributed by atoms with Gasteiger partial charge in [0.1, 0.15) is 5.75 Å². The summed E-state index contributed by atoms with van der Waals surface area (Å²) < 4.78 is 28.6. The molecule has 0 spiro atoms. The van der Waals surface area contributed by atoms with E-state index >= 15 is 0 Å². The van der Waals surface area contributed by atoms with Crippen LogP contribution < -0.4 is 10.1 Å². The van der Waals surface area contributed by atoms with E-state index in [2.05, 4.69) is 10.1 Å². The number of alkyl halides is 2. The molecule has 104 valence electrons. The van der Waals surface area contributed by atoms with Gasteiger partial charge in [0.2, 0.25) is 0 Å². The van der Waals surface area contributed by atoms with Gasteiger partial charge >= 0.3 is 6.61 Å². The first-order chi connectivity index (χ1) is 9.08. The standard InChI is InChI=1S/C13H16F2N2O2/c1-17(10-5-6-16-8-10)12(18)9-3-2-4-11(7-9)19-13(14)15/h2-4,7,10,13,16H,5-6,8H2,1H3. The maximum absolute atomic E-state index is 12.2. The highest BCUT2D eigenvalue weighted by atomic mass is 19.3. The summed E-state index contributed by atoms with van der Waals surface area (Å²) in [4.78, 5) is 13.9. The van der Waals surface area contributed by atoms with Crippen LogP contribution in [0.2, 0.25) is 0 Å². The lowest BCUT2D eigenvalue weighted by molar-refractivity contribution is -0.0499. The van der Waals surface area contributed by atoms with Crippen molar-refractivity contribution in [1.82, 2.24) is 10.2 Å². The first-order valence-corrected chi connectivity index (χ1v) is 6.10. The van der Waals surface area contributed by atoms with E-state index in [0.717, 1.165) is 19.5 Å². The smallest absolute Gasteiger partial charge is 0.387 e. The normalized spacial score (nSPS) is 18.6. The second-order valence-electron chi connectivity index (χ2n) is 4.47. The molecule has 1 saturated heterocycles. The molecule has 1 aromatic carbocycles. The van der Waals surface area contributed by atoms with Crippen LogP contribution in [-0.4, -0.2) is 43.6 Å². The van der Waals surface area contributed by atoms with Gasteiger partial charge in [-0.2, -0.15) is 8.78 Å². The fourth-order valence-electron chi connectivity index (χ4n) is 2.14. The van der Waals surface area contributed by atoms with Crippen molar-refractivity contribution < 1.29 is 18.3 Å². The van der Waals surface area contributed by atoms with Crippen LogP contribution in [0.3, 0.4) is 0 Å². The van der Waals surface area contributed by atoms with E-state index in [1.54, 1.807) is 18.0 Å². The third-order valence-electron chi connectivity index (χ3n) is 3.21. The number of benzene rings is 1. The van der Waals surface area contributed by atoms with Crippen LogP contribution in [0.5, 0.6) is 5.75 Å². The third kappa shape index (κ3) is 3.41. The number of hydrogen-bond donors (Lipinski definition) is 1. The van der Waals surface area contributed by atoms with Crippen LogP contribution in [0.15, 0.2) is 24.3 Å². The average Bonchev–Trinajstić information content (AvgIpc) is 2.90. The van der Waals surface area contributed by atoms with E-state index in [1.807, 2.05) is 0 Å². The number of rotatable bonds is 4. The number of carbonyl (C=O) groups excluding carboxylic acids is 1. The number of hydrogen-bond acceptors (Lipinski definition) is 3. The Bertz CT molecular complexity index is 448. The summed E-state index contributed by atoms with van der Waals surface area (Å²) in [6.07, 6.45) is 0.898. The van der Waals surface area contributed by atoms with Crippen LogP contribution in [-0.2, 0) is 0 Å². The minimum absolute atomic E-state index is 0.00111. The second-order valence-corrected chi connectivity index (χ2v) is 4.47. The summed E-state index contributed by atoms with van der Waals surface area (Å²) in [5.41, 5.74) is 0.354. The zero-order valence-corrected chi connectivity index (χ0v) is 10.6. The molecule has 1 amide bonds. The molecule has 0 aromatic heterocycles. The molecule has 1 atom stereocenters. The summed E-state index contributed by atoms with van der Waals surface area (Å²) in [7, 11) is 1.72. The average molecular weight is 270 g/mol. The van der Waals surface area contributed by atoms with Gasteiger partial charge in [0.15, 0.2) is 0 Å². The van der Waals surface area contributed by atoms with E-state index in [0.29, 0.717) is 5.56 Å². The van der Waals surface area contributed by atoms with Gasteiger partial charge in [-0.05, 0) is 31.2 Å². The molecular weight excluding hydrogens is 254 g/mol. The number of nitrogens with zero attached hydrogens (tertiary/aromatic N) is 1. The minimum atomic E-state index is -2.89. The van der Waals surface area contributed by atoms with Crippen molar-refractivity contribution in [3.63, 3.8) is 0 Å². The molecule has 1 heterocycles. The number of halogens is 2. The molecule has 2 rings (SSSR count). The fourth-order valence-corrected chi connectivity index (χ4v) is 2.14. The molecule has 1 aliphatic heterocycles. The Labute approximate surface area is 110 Å². The first-order valence-electron chi connectivity index (χ1n) is 6.10. The Kier molecular flexibility index (Phi) is 4.31. The topological polar surface area (TPSA) is 41.6 Å². The maximum atomic E-state index is 12.2. The lowest BCUT2D eigenvalue weighted by atomic mass is 10.1. The minimum Gasteiger partial charge on any atom is -0.435 e. The third-order valence-corrected chi connectivity index (χ3v) is 3.21. The Hall–Kier alpha value is -1.69. The SMILES string of the molecule is CN(C(=O)c1cccc(OC(F)F)c1)C1CCNC1. The molecule has 0 radical (unpaired) electrons. The van der Waals surface area contributed by atoms with Gasteiger partial charge in [-0.3, -0.25) is 4.79 Å². The number of likely N-dealkylation sites (N-methyl/N-ethyl adjacent to an activating group) is 1. The fraction of sp³-hybridized carbons (Fsp3) is 0.462. The Morgan fingerprint density at radius 3 is 2.95 bits per heavy atom. The number of amides is 1. The summed E-state index contributed by atoms with van der Waals surface area (Å²) in [6, 6.07) is 6.02. The van der Waals surface area contributed by atoms with E-state index in [-0.39, 0.29) is 17.7 Å². The molecule has 6 heteroatoms. The molecule has 1 aliphatic rings. The van der Waals surface area contributed by atoms with Crippen LogP contribution in [0, 0.1) is 0 Å². The molecule has 1 unspecified atom stereocenters. The molecule has 4 nitrogen and oxygen atoms in total. The lowest BCUT2D eigenvalue weighted by Gasteiger charge is -2.24. The van der Waals surface area contributed by atoms with Crippen molar-refractivity contribution in [3.8, 4) is 5.75 Å². The molecule has 1 aromatic rings. The van der Waals surface area contributed by atoms with E-state index in [4.69, 9.17) is 0 Å². The van der Waals surface area contributed by atoms with Crippen molar-refractivity contribution in [2.75, 3.05) is 20.1 Å². The first kappa shape index (κ1) is 13.7. The molecule has 1 N–H and O–H groups in total. The van der Waals surface area contributed by atoms with E-state index in [1.165, 1.54) is 18.2 Å². The zero-order chi connectivity index (χ0) is 13.8. The van der Waals surface area contributed by atoms with Gasteiger partial charge < -0.3 is 15.0 Å². The molecule has 0 aliphatic carbocycles. The van der Waals surface area contributed by atoms with Crippen molar-refractivity contribution in [3.05, 3.63) is 29.8 Å². The van der Waals surface area contributed by atoms with Crippen molar-refractivity contribution in [1.29, 1.82) is 0 Å². The monoisotopic (exact) mass is 270 g/mol. The molecule has 1 fully saturated rings. The van der Waals surface area contributed by atoms with Gasteiger partial charge in [0.25, 0.3) is 5.91 Å². The van der Waals surface area contributed by atoms with Crippen LogP contribution >= 0.6 is 0 Å². The van der Waals surface area contributed by atoms with E-state index < -0.39 is 6.61 Å². The van der Waals surface area contributed by atoms with Gasteiger partial charge in [0, 0.05) is 25.2 Å². The summed E-state index contributed by atoms with van der Waals surface area (Å²) in [5, 5.41) is 3.18. The lowest BCUT2D eigenvalue weighted by Crippen LogP contribution is -2.38. The van der Waals surface area contributed by atoms with Crippen LogP contribution in [0.4, 0.5) is 8.78 Å². The second kappa shape index (κ2) is 5.97. The van der Waals surface area contributed by atoms with Crippen LogP contribution in [0.1, 0.15) is 16.8 Å². The Balaban J connectivity index is 2.09. The van der Waals surface area contributed by atoms with Crippen LogP contribution in [0.25, 0.3) is 0 Å². The predicted octanol–water partition coefficient (Wildman–Crippen LogP) is 1.72. The Morgan fingerprint density at radius 2 is 2.32 bits per heavy atom. The molecule has 19 heavy (non-hydrogen) atoms.